The number of nitrogens with one attached hydrogen (secondary N) is 1. The normalized spacial score (nSPS) is 12.0. The predicted molar refractivity (Wildman–Crippen MR) is 164 cm³/mol. The summed E-state index contributed by atoms with van der Waals surface area (Å²) in [6.45, 7) is 7.28. The van der Waals surface area contributed by atoms with Crippen molar-refractivity contribution in [3.05, 3.63) is 105 Å². The zero-order valence-corrected chi connectivity index (χ0v) is 25.4. The maximum absolute atomic E-state index is 14.2. The maximum atomic E-state index is 14.2. The molecule has 0 saturated carbocycles. The summed E-state index contributed by atoms with van der Waals surface area (Å²) in [5.41, 5.74) is 2.74. The van der Waals surface area contributed by atoms with Gasteiger partial charge in [-0.1, -0.05) is 80.1 Å². The SMILES string of the molecule is Cc1cccc(CN(C(=O)CN(c2cc([N+](=O)[O-])ccc2C)S(C)(=O)=O)C(Cc2ccccc2)C(=O)NCC(C)C)c1. The molecule has 0 fully saturated rings. The molecule has 0 aromatic heterocycles. The number of aryl methyl sites for hydroxylation is 2. The first-order valence-corrected chi connectivity index (χ1v) is 15.5. The van der Waals surface area contributed by atoms with E-state index in [1.807, 2.05) is 75.4 Å². The molecular weight excluding hydrogens is 556 g/mol. The van der Waals surface area contributed by atoms with Crippen molar-refractivity contribution in [3.8, 4) is 0 Å². The van der Waals surface area contributed by atoms with Crippen molar-refractivity contribution < 1.29 is 22.9 Å². The highest BCUT2D eigenvalue weighted by atomic mass is 32.2. The Balaban J connectivity index is 2.10. The second-order valence-corrected chi connectivity index (χ2v) is 12.8. The molecule has 42 heavy (non-hydrogen) atoms. The standard InChI is InChI=1S/C31H38N4O6S/c1-22(2)19-32-31(37)29(17-25-11-7-6-8-12-25)33(20-26-13-9-10-23(3)16-26)30(36)21-34(42(5,40)41)28-18-27(35(38)39)15-14-24(28)4/h6-16,18,22,29H,17,19-21H2,1-5H3,(H,32,37). The van der Waals surface area contributed by atoms with Gasteiger partial charge in [0.05, 0.1) is 16.9 Å². The molecule has 0 spiro atoms. The van der Waals surface area contributed by atoms with E-state index >= 15 is 0 Å². The zero-order valence-electron chi connectivity index (χ0n) is 24.6. The fourth-order valence-electron chi connectivity index (χ4n) is 4.56. The lowest BCUT2D eigenvalue weighted by atomic mass is 10.0. The van der Waals surface area contributed by atoms with Crippen LogP contribution in [-0.2, 0) is 32.6 Å². The van der Waals surface area contributed by atoms with Gasteiger partial charge in [-0.05, 0) is 36.5 Å². The Morgan fingerprint density at radius 3 is 2.21 bits per heavy atom. The molecule has 0 radical (unpaired) electrons. The Morgan fingerprint density at radius 1 is 0.952 bits per heavy atom. The zero-order chi connectivity index (χ0) is 31.0. The van der Waals surface area contributed by atoms with Gasteiger partial charge >= 0.3 is 0 Å². The predicted octanol–water partition coefficient (Wildman–Crippen LogP) is 4.39. The maximum Gasteiger partial charge on any atom is 0.271 e. The van der Waals surface area contributed by atoms with Crippen LogP contribution in [0.15, 0.2) is 72.8 Å². The van der Waals surface area contributed by atoms with E-state index < -0.39 is 33.4 Å². The highest BCUT2D eigenvalue weighted by Gasteiger charge is 2.33. The smallest absolute Gasteiger partial charge is 0.271 e. The molecule has 3 rings (SSSR count). The van der Waals surface area contributed by atoms with E-state index in [0.29, 0.717) is 12.1 Å². The number of nitro groups is 1. The Kier molecular flexibility index (Phi) is 10.8. The molecule has 0 aliphatic heterocycles. The number of nitro benzene ring substituents is 1. The van der Waals surface area contributed by atoms with Gasteiger partial charge < -0.3 is 10.2 Å². The largest absolute Gasteiger partial charge is 0.354 e. The van der Waals surface area contributed by atoms with Gasteiger partial charge in [0.15, 0.2) is 0 Å². The van der Waals surface area contributed by atoms with Gasteiger partial charge in [-0.2, -0.15) is 0 Å². The first-order chi connectivity index (χ1) is 19.8. The average Bonchev–Trinajstić information content (AvgIpc) is 2.92. The topological polar surface area (TPSA) is 130 Å². The number of carbonyl (C=O) groups is 2. The number of anilines is 1. The summed E-state index contributed by atoms with van der Waals surface area (Å²) in [5, 5.41) is 14.4. The van der Waals surface area contributed by atoms with Gasteiger partial charge in [-0.3, -0.25) is 24.0 Å². The van der Waals surface area contributed by atoms with Crippen molar-refractivity contribution >= 4 is 33.2 Å². The minimum Gasteiger partial charge on any atom is -0.354 e. The molecule has 10 nitrogen and oxygen atoms in total. The number of hydrogen-bond donors (Lipinski definition) is 1. The van der Waals surface area contributed by atoms with Crippen LogP contribution in [0.5, 0.6) is 0 Å². The van der Waals surface area contributed by atoms with Crippen LogP contribution in [0.2, 0.25) is 0 Å². The summed E-state index contributed by atoms with van der Waals surface area (Å²) in [6, 6.07) is 19.7. The summed E-state index contributed by atoms with van der Waals surface area (Å²) < 4.78 is 26.9. The Labute approximate surface area is 247 Å². The monoisotopic (exact) mass is 594 g/mol. The van der Waals surface area contributed by atoms with Crippen LogP contribution in [0, 0.1) is 29.9 Å². The Bertz CT molecular complexity index is 1530. The van der Waals surface area contributed by atoms with Crippen molar-refractivity contribution in [3.63, 3.8) is 0 Å². The molecule has 0 bridgehead atoms. The van der Waals surface area contributed by atoms with Gasteiger partial charge in [0, 0.05) is 31.6 Å². The van der Waals surface area contributed by atoms with Gasteiger partial charge in [0.25, 0.3) is 5.69 Å². The number of benzene rings is 3. The molecule has 3 aromatic carbocycles. The number of amides is 2. The fourth-order valence-corrected chi connectivity index (χ4v) is 5.46. The van der Waals surface area contributed by atoms with Crippen LogP contribution in [0.1, 0.15) is 36.1 Å². The van der Waals surface area contributed by atoms with Crippen molar-refractivity contribution in [2.75, 3.05) is 23.7 Å². The average molecular weight is 595 g/mol. The lowest BCUT2D eigenvalue weighted by Gasteiger charge is -2.34. The van der Waals surface area contributed by atoms with Crippen LogP contribution in [-0.4, -0.2) is 55.4 Å². The summed E-state index contributed by atoms with van der Waals surface area (Å²) >= 11 is 0. The second-order valence-electron chi connectivity index (χ2n) is 10.9. The minimum atomic E-state index is -4.05. The van der Waals surface area contributed by atoms with Gasteiger partial charge in [0.2, 0.25) is 21.8 Å². The van der Waals surface area contributed by atoms with Crippen molar-refractivity contribution in [1.29, 1.82) is 0 Å². The van der Waals surface area contributed by atoms with Gasteiger partial charge in [-0.25, -0.2) is 8.42 Å². The highest BCUT2D eigenvalue weighted by Crippen LogP contribution is 2.28. The molecule has 1 atom stereocenters. The summed E-state index contributed by atoms with van der Waals surface area (Å²) in [7, 11) is -4.05. The summed E-state index contributed by atoms with van der Waals surface area (Å²) in [6.07, 6.45) is 1.15. The molecule has 11 heteroatoms. The van der Waals surface area contributed by atoms with Crippen LogP contribution < -0.4 is 9.62 Å². The molecule has 0 saturated heterocycles. The highest BCUT2D eigenvalue weighted by molar-refractivity contribution is 7.92. The van der Waals surface area contributed by atoms with E-state index in [0.717, 1.165) is 33.3 Å². The molecule has 0 heterocycles. The fraction of sp³-hybridized carbons (Fsp3) is 0.355. The van der Waals surface area contributed by atoms with E-state index in [-0.39, 0.29) is 36.2 Å². The number of nitrogens with zero attached hydrogens (tertiary/aromatic N) is 3. The number of rotatable bonds is 13. The van der Waals surface area contributed by atoms with E-state index in [9.17, 15) is 28.1 Å². The van der Waals surface area contributed by atoms with E-state index in [2.05, 4.69) is 5.32 Å². The van der Waals surface area contributed by atoms with Crippen molar-refractivity contribution in [2.24, 2.45) is 5.92 Å². The Morgan fingerprint density at radius 2 is 1.62 bits per heavy atom. The number of hydrogen-bond acceptors (Lipinski definition) is 6. The molecule has 1 N–H and O–H groups in total. The molecule has 224 valence electrons. The summed E-state index contributed by atoms with van der Waals surface area (Å²) in [5.74, 6) is -0.802. The molecule has 0 aliphatic rings. The van der Waals surface area contributed by atoms with Crippen LogP contribution >= 0.6 is 0 Å². The summed E-state index contributed by atoms with van der Waals surface area (Å²) in [4.78, 5) is 40.1. The lowest BCUT2D eigenvalue weighted by Crippen LogP contribution is -2.53. The third-order valence-corrected chi connectivity index (χ3v) is 7.87. The van der Waals surface area contributed by atoms with Gasteiger partial charge in [0.1, 0.15) is 12.6 Å². The molecule has 2 amide bonds. The van der Waals surface area contributed by atoms with E-state index in [1.165, 1.54) is 17.0 Å². The second kappa shape index (κ2) is 14.1. The van der Waals surface area contributed by atoms with Crippen molar-refractivity contribution in [2.45, 2.75) is 46.7 Å². The molecule has 0 aliphatic carbocycles. The van der Waals surface area contributed by atoms with Crippen LogP contribution in [0.4, 0.5) is 11.4 Å². The minimum absolute atomic E-state index is 0.0272. The lowest BCUT2D eigenvalue weighted by molar-refractivity contribution is -0.384. The van der Waals surface area contributed by atoms with Crippen molar-refractivity contribution in [1.82, 2.24) is 10.2 Å². The quantitative estimate of drug-likeness (QED) is 0.231. The number of non-ortho nitro benzene ring substituents is 1. The van der Waals surface area contributed by atoms with E-state index in [4.69, 9.17) is 0 Å². The van der Waals surface area contributed by atoms with Gasteiger partial charge in [-0.15, -0.1) is 0 Å². The number of sulfonamides is 1. The van der Waals surface area contributed by atoms with Crippen LogP contribution in [0.3, 0.4) is 0 Å². The molecular formula is C31H38N4O6S. The third-order valence-electron chi connectivity index (χ3n) is 6.74. The molecule has 1 unspecified atom stereocenters. The van der Waals surface area contributed by atoms with Crippen LogP contribution in [0.25, 0.3) is 0 Å². The first kappa shape index (κ1) is 32.3. The molecule has 3 aromatic rings. The third kappa shape index (κ3) is 8.87. The first-order valence-electron chi connectivity index (χ1n) is 13.7. The number of carbonyl (C=O) groups excluding carboxylic acids is 2. The van der Waals surface area contributed by atoms with E-state index in [1.54, 1.807) is 6.92 Å². The Hall–Kier alpha value is -4.25.